The molecule has 0 aliphatic heterocycles. The lowest BCUT2D eigenvalue weighted by Crippen LogP contribution is -2.28. The summed E-state index contributed by atoms with van der Waals surface area (Å²) in [6.07, 6.45) is 4.10. The van der Waals surface area contributed by atoms with Crippen molar-refractivity contribution in [3.8, 4) is 0 Å². The monoisotopic (exact) mass is 198 g/mol. The van der Waals surface area contributed by atoms with Crippen molar-refractivity contribution in [2.75, 3.05) is 0 Å². The summed E-state index contributed by atoms with van der Waals surface area (Å²) in [6, 6.07) is 0. The molecular weight excluding hydrogens is 192 g/mol. The van der Waals surface area contributed by atoms with Crippen molar-refractivity contribution in [3.63, 3.8) is 0 Å². The van der Waals surface area contributed by atoms with Crippen LogP contribution in [0, 0.1) is 5.92 Å². The third kappa shape index (κ3) is 1.81. The number of hydrogen-bond donors (Lipinski definition) is 2. The highest BCUT2D eigenvalue weighted by Crippen LogP contribution is 2.19. The Kier molecular flexibility index (Phi) is 2.57. The molecule has 0 saturated carbocycles. The second kappa shape index (κ2) is 3.49. The fourth-order valence-electron chi connectivity index (χ4n) is 1.04. The molecule has 1 atom stereocenters. The molecule has 0 aromatic carbocycles. The second-order valence-corrected chi connectivity index (χ2v) is 2.93. The number of thiocarbonyl (C=S) groups is 1. The molecule has 0 spiro atoms. The maximum absolute atomic E-state index is 10.7. The van der Waals surface area contributed by atoms with Gasteiger partial charge in [-0.2, -0.15) is 0 Å². The molecule has 13 heavy (non-hydrogen) atoms. The van der Waals surface area contributed by atoms with E-state index in [0.29, 0.717) is 0 Å². The zero-order valence-electron chi connectivity index (χ0n) is 6.43. The summed E-state index contributed by atoms with van der Waals surface area (Å²) in [6.45, 7) is 0. The Morgan fingerprint density at radius 3 is 2.38 bits per heavy atom. The molecule has 0 fully saturated rings. The number of allylic oxidation sites excluding steroid dienone is 3. The summed E-state index contributed by atoms with van der Waals surface area (Å²) in [4.78, 5) is 21.4. The quantitative estimate of drug-likeness (QED) is 0.637. The molecule has 0 aromatic heterocycles. The molecule has 5 heteroatoms. The lowest BCUT2D eigenvalue weighted by molar-refractivity contribution is -0.141. The van der Waals surface area contributed by atoms with Crippen molar-refractivity contribution in [2.45, 2.75) is 0 Å². The third-order valence-corrected chi connectivity index (χ3v) is 2.00. The third-order valence-electron chi connectivity index (χ3n) is 1.63. The molecule has 0 aromatic rings. The maximum Gasteiger partial charge on any atom is 0.332 e. The van der Waals surface area contributed by atoms with Gasteiger partial charge < -0.3 is 10.2 Å². The van der Waals surface area contributed by atoms with Crippen LogP contribution in [0.2, 0.25) is 0 Å². The van der Waals surface area contributed by atoms with Crippen LogP contribution < -0.4 is 0 Å². The molecule has 2 N–H and O–H groups in total. The van der Waals surface area contributed by atoms with Crippen LogP contribution in [-0.4, -0.2) is 27.0 Å². The number of rotatable bonds is 2. The number of aliphatic carboxylic acids is 2. The van der Waals surface area contributed by atoms with Gasteiger partial charge in [-0.15, -0.1) is 0 Å². The van der Waals surface area contributed by atoms with Gasteiger partial charge in [-0.05, 0) is 6.08 Å². The van der Waals surface area contributed by atoms with Crippen molar-refractivity contribution in [2.24, 2.45) is 5.92 Å². The topological polar surface area (TPSA) is 74.6 Å². The van der Waals surface area contributed by atoms with E-state index >= 15 is 0 Å². The summed E-state index contributed by atoms with van der Waals surface area (Å²) in [5.41, 5.74) is -0.194. The molecule has 0 radical (unpaired) electrons. The first-order valence-electron chi connectivity index (χ1n) is 3.42. The highest BCUT2D eigenvalue weighted by atomic mass is 32.1. The van der Waals surface area contributed by atoms with Crippen LogP contribution in [-0.2, 0) is 9.59 Å². The molecular formula is C8H6O4S. The van der Waals surface area contributed by atoms with Crippen molar-refractivity contribution < 1.29 is 19.8 Å². The number of carboxylic acids is 2. The number of carboxylic acid groups (broad SMARTS) is 2. The van der Waals surface area contributed by atoms with E-state index in [1.54, 1.807) is 0 Å². The van der Waals surface area contributed by atoms with Crippen molar-refractivity contribution in [1.82, 2.24) is 0 Å². The van der Waals surface area contributed by atoms with E-state index < -0.39 is 17.9 Å². The molecule has 0 amide bonds. The van der Waals surface area contributed by atoms with Gasteiger partial charge in [0.25, 0.3) is 0 Å². The van der Waals surface area contributed by atoms with Crippen LogP contribution in [0.3, 0.4) is 0 Å². The van der Waals surface area contributed by atoms with Gasteiger partial charge in [-0.3, -0.25) is 4.79 Å². The maximum atomic E-state index is 10.7. The van der Waals surface area contributed by atoms with Crippen LogP contribution >= 0.6 is 12.2 Å². The first kappa shape index (κ1) is 9.60. The number of hydrogen-bond acceptors (Lipinski definition) is 3. The average Bonchev–Trinajstić information content (AvgIpc) is 2.02. The van der Waals surface area contributed by atoms with E-state index in [1.165, 1.54) is 18.2 Å². The summed E-state index contributed by atoms with van der Waals surface area (Å²) in [5.74, 6) is -3.68. The molecule has 1 unspecified atom stereocenters. The predicted molar refractivity (Wildman–Crippen MR) is 48.6 cm³/mol. The largest absolute Gasteiger partial charge is 0.481 e. The van der Waals surface area contributed by atoms with E-state index in [-0.39, 0.29) is 10.4 Å². The molecule has 68 valence electrons. The van der Waals surface area contributed by atoms with Gasteiger partial charge in [0.1, 0.15) is 5.92 Å². The fourth-order valence-corrected chi connectivity index (χ4v) is 1.35. The molecule has 0 saturated heterocycles. The van der Waals surface area contributed by atoms with E-state index in [9.17, 15) is 9.59 Å². The Balaban J connectivity index is 3.10. The van der Waals surface area contributed by atoms with Gasteiger partial charge in [-0.1, -0.05) is 24.4 Å². The van der Waals surface area contributed by atoms with Crippen LogP contribution in [0.25, 0.3) is 0 Å². The van der Waals surface area contributed by atoms with Crippen LogP contribution in [0.1, 0.15) is 0 Å². The minimum absolute atomic E-state index is 0.118. The summed E-state index contributed by atoms with van der Waals surface area (Å²) in [5, 5.41) is 17.4. The Bertz CT molecular complexity index is 340. The molecule has 1 rings (SSSR count). The van der Waals surface area contributed by atoms with E-state index in [2.05, 4.69) is 0 Å². The smallest absolute Gasteiger partial charge is 0.332 e. The molecule has 0 bridgehead atoms. The highest BCUT2D eigenvalue weighted by Gasteiger charge is 2.31. The van der Waals surface area contributed by atoms with Gasteiger partial charge in [0.15, 0.2) is 0 Å². The van der Waals surface area contributed by atoms with Crippen LogP contribution in [0.15, 0.2) is 23.8 Å². The van der Waals surface area contributed by atoms with Gasteiger partial charge in [0.05, 0.1) is 5.57 Å². The van der Waals surface area contributed by atoms with Crippen molar-refractivity contribution >= 4 is 29.0 Å². The highest BCUT2D eigenvalue weighted by molar-refractivity contribution is 7.80. The Morgan fingerprint density at radius 2 is 2.00 bits per heavy atom. The molecule has 0 heterocycles. The number of carbonyl (C=O) groups is 2. The van der Waals surface area contributed by atoms with Gasteiger partial charge in [-0.25, -0.2) is 4.79 Å². The van der Waals surface area contributed by atoms with Crippen LogP contribution in [0.4, 0.5) is 0 Å². The minimum Gasteiger partial charge on any atom is -0.481 e. The Labute approximate surface area is 79.2 Å². The summed E-state index contributed by atoms with van der Waals surface area (Å²) >= 11 is 4.73. The zero-order valence-corrected chi connectivity index (χ0v) is 7.25. The van der Waals surface area contributed by atoms with Gasteiger partial charge in [0.2, 0.25) is 0 Å². The standard InChI is InChI=1S/C8H6O4S/c9-7(10)4-2-1-3-5(13)6(4)8(11)12/h1-3,6H,(H,9,10)(H,11,12). The van der Waals surface area contributed by atoms with E-state index in [0.717, 1.165) is 0 Å². The molecule has 1 aliphatic rings. The minimum atomic E-state index is -1.25. The van der Waals surface area contributed by atoms with Crippen molar-refractivity contribution in [1.29, 1.82) is 0 Å². The normalized spacial score (nSPS) is 21.1. The molecule has 1 aliphatic carbocycles. The lowest BCUT2D eigenvalue weighted by Gasteiger charge is -2.14. The fraction of sp³-hybridized carbons (Fsp3) is 0.125. The summed E-state index contributed by atoms with van der Waals surface area (Å²) < 4.78 is 0. The van der Waals surface area contributed by atoms with E-state index in [4.69, 9.17) is 22.4 Å². The zero-order chi connectivity index (χ0) is 10.0. The Morgan fingerprint density at radius 1 is 1.38 bits per heavy atom. The molecule has 4 nitrogen and oxygen atoms in total. The lowest BCUT2D eigenvalue weighted by atomic mass is 9.91. The predicted octanol–water partition coefficient (Wildman–Crippen LogP) is 0.638. The van der Waals surface area contributed by atoms with Crippen molar-refractivity contribution in [3.05, 3.63) is 23.8 Å². The SMILES string of the molecule is O=C(O)C1=CC=CC(=S)C1C(=O)O. The first-order chi connectivity index (χ1) is 6.04. The Hall–Kier alpha value is -1.49. The van der Waals surface area contributed by atoms with Gasteiger partial charge >= 0.3 is 11.9 Å². The van der Waals surface area contributed by atoms with Crippen LogP contribution in [0.5, 0.6) is 0 Å². The van der Waals surface area contributed by atoms with E-state index in [1.807, 2.05) is 0 Å². The first-order valence-corrected chi connectivity index (χ1v) is 3.83. The average molecular weight is 198 g/mol. The second-order valence-electron chi connectivity index (χ2n) is 2.46. The summed E-state index contributed by atoms with van der Waals surface area (Å²) in [7, 11) is 0. The van der Waals surface area contributed by atoms with Gasteiger partial charge in [0, 0.05) is 4.86 Å².